The highest BCUT2D eigenvalue weighted by atomic mass is 16.5. The molecule has 1 aliphatic rings. The highest BCUT2D eigenvalue weighted by molar-refractivity contribution is 5.33. The monoisotopic (exact) mass is 311 g/mol. The van der Waals surface area contributed by atoms with Crippen molar-refractivity contribution < 1.29 is 9.84 Å². The van der Waals surface area contributed by atoms with Crippen LogP contribution in [0.5, 0.6) is 5.75 Å². The van der Waals surface area contributed by atoms with Gasteiger partial charge in [-0.2, -0.15) is 0 Å². The van der Waals surface area contributed by atoms with E-state index in [1.165, 1.54) is 22.3 Å². The van der Waals surface area contributed by atoms with Crippen molar-refractivity contribution in [2.45, 2.75) is 32.9 Å². The van der Waals surface area contributed by atoms with Crippen molar-refractivity contribution in [3.63, 3.8) is 0 Å². The summed E-state index contributed by atoms with van der Waals surface area (Å²) in [5, 5.41) is 10.3. The van der Waals surface area contributed by atoms with Crippen LogP contribution in [0.4, 0.5) is 0 Å². The van der Waals surface area contributed by atoms with Crippen molar-refractivity contribution in [1.29, 1.82) is 0 Å². The smallest absolute Gasteiger partial charge is 0.119 e. The molecule has 0 amide bonds. The molecule has 1 aliphatic heterocycles. The summed E-state index contributed by atoms with van der Waals surface area (Å²) in [4.78, 5) is 2.30. The summed E-state index contributed by atoms with van der Waals surface area (Å²) in [5.74, 6) is 0.838. The summed E-state index contributed by atoms with van der Waals surface area (Å²) in [7, 11) is 0. The van der Waals surface area contributed by atoms with Crippen LogP contribution in [-0.2, 0) is 13.0 Å². The summed E-state index contributed by atoms with van der Waals surface area (Å²) in [5.41, 5.74) is 5.18. The fourth-order valence-corrected chi connectivity index (χ4v) is 3.27. The molecule has 0 radical (unpaired) electrons. The Morgan fingerprint density at radius 3 is 2.52 bits per heavy atom. The molecule has 2 aromatic rings. The minimum atomic E-state index is -0.471. The molecule has 1 atom stereocenters. The van der Waals surface area contributed by atoms with E-state index in [4.69, 9.17) is 4.74 Å². The van der Waals surface area contributed by atoms with Gasteiger partial charge in [-0.25, -0.2) is 0 Å². The first kappa shape index (κ1) is 16.0. The minimum absolute atomic E-state index is 0.334. The number of nitrogens with zero attached hydrogens (tertiary/aromatic N) is 1. The van der Waals surface area contributed by atoms with Crippen molar-refractivity contribution >= 4 is 0 Å². The number of β-amino-alcohol motifs (C(OH)–C–C–N with tert-alkyl or cyclic N) is 1. The third-order valence-electron chi connectivity index (χ3n) is 4.32. The van der Waals surface area contributed by atoms with Gasteiger partial charge in [0, 0.05) is 19.6 Å². The highest BCUT2D eigenvalue weighted by Crippen LogP contribution is 2.19. The van der Waals surface area contributed by atoms with Gasteiger partial charge in [-0.05, 0) is 54.7 Å². The van der Waals surface area contributed by atoms with Crippen molar-refractivity contribution in [2.75, 3.05) is 19.7 Å². The first-order chi connectivity index (χ1) is 11.1. The van der Waals surface area contributed by atoms with Gasteiger partial charge in [-0.15, -0.1) is 0 Å². The van der Waals surface area contributed by atoms with E-state index in [1.54, 1.807) is 0 Å². The maximum atomic E-state index is 10.3. The zero-order chi connectivity index (χ0) is 16.2. The number of aryl methyl sites for hydroxylation is 2. The van der Waals surface area contributed by atoms with E-state index in [9.17, 15) is 5.11 Å². The van der Waals surface area contributed by atoms with E-state index in [-0.39, 0.29) is 0 Å². The Balaban J connectivity index is 1.51. The minimum Gasteiger partial charge on any atom is -0.491 e. The lowest BCUT2D eigenvalue weighted by molar-refractivity contribution is 0.0637. The normalized spacial score (nSPS) is 16.0. The first-order valence-corrected chi connectivity index (χ1v) is 8.28. The van der Waals surface area contributed by atoms with Gasteiger partial charge < -0.3 is 9.84 Å². The average molecular weight is 311 g/mol. The van der Waals surface area contributed by atoms with Crippen LogP contribution in [0, 0.1) is 13.8 Å². The number of hydrogen-bond acceptors (Lipinski definition) is 3. The second kappa shape index (κ2) is 7.16. The lowest BCUT2D eigenvalue weighted by atomic mass is 10.00. The Morgan fingerprint density at radius 2 is 1.78 bits per heavy atom. The van der Waals surface area contributed by atoms with Crippen LogP contribution in [0.1, 0.15) is 22.3 Å². The van der Waals surface area contributed by atoms with Gasteiger partial charge in [0.2, 0.25) is 0 Å². The number of aliphatic hydroxyl groups is 1. The van der Waals surface area contributed by atoms with Crippen molar-refractivity contribution in [1.82, 2.24) is 4.90 Å². The van der Waals surface area contributed by atoms with Gasteiger partial charge in [0.1, 0.15) is 18.5 Å². The Bertz CT molecular complexity index is 648. The van der Waals surface area contributed by atoms with E-state index in [2.05, 4.69) is 49.1 Å². The number of hydrogen-bond donors (Lipinski definition) is 1. The largest absolute Gasteiger partial charge is 0.491 e. The van der Waals surface area contributed by atoms with Crippen LogP contribution < -0.4 is 4.74 Å². The molecule has 2 aromatic carbocycles. The number of rotatable bonds is 5. The molecule has 3 nitrogen and oxygen atoms in total. The van der Waals surface area contributed by atoms with Gasteiger partial charge in [-0.3, -0.25) is 4.90 Å². The van der Waals surface area contributed by atoms with Gasteiger partial charge in [0.05, 0.1) is 0 Å². The van der Waals surface area contributed by atoms with Crippen molar-refractivity contribution in [3.8, 4) is 5.75 Å². The first-order valence-electron chi connectivity index (χ1n) is 8.28. The van der Waals surface area contributed by atoms with E-state index in [1.807, 2.05) is 12.1 Å². The van der Waals surface area contributed by atoms with Gasteiger partial charge in [0.25, 0.3) is 0 Å². The lowest BCUT2D eigenvalue weighted by Crippen LogP contribution is -2.38. The molecular weight excluding hydrogens is 286 g/mol. The molecule has 23 heavy (non-hydrogen) atoms. The summed E-state index contributed by atoms with van der Waals surface area (Å²) in [6, 6.07) is 14.7. The van der Waals surface area contributed by atoms with Crippen LogP contribution >= 0.6 is 0 Å². The molecule has 0 saturated carbocycles. The number of aliphatic hydroxyl groups excluding tert-OH is 1. The molecular formula is C20H25NO2. The number of benzene rings is 2. The summed E-state index contributed by atoms with van der Waals surface area (Å²) in [6.45, 7) is 7.01. The highest BCUT2D eigenvalue weighted by Gasteiger charge is 2.18. The van der Waals surface area contributed by atoms with Crippen LogP contribution in [0.3, 0.4) is 0 Å². The van der Waals surface area contributed by atoms with E-state index in [0.29, 0.717) is 13.2 Å². The zero-order valence-corrected chi connectivity index (χ0v) is 14.0. The molecule has 3 heteroatoms. The average Bonchev–Trinajstić information content (AvgIpc) is 2.52. The predicted octanol–water partition coefficient (Wildman–Crippen LogP) is 3.10. The Morgan fingerprint density at radius 1 is 1.09 bits per heavy atom. The summed E-state index contributed by atoms with van der Waals surface area (Å²) in [6.07, 6.45) is 0.585. The van der Waals surface area contributed by atoms with E-state index >= 15 is 0 Å². The zero-order valence-electron chi connectivity index (χ0n) is 14.0. The molecule has 1 heterocycles. The quantitative estimate of drug-likeness (QED) is 0.921. The lowest BCUT2D eigenvalue weighted by Gasteiger charge is -2.30. The molecule has 0 aliphatic carbocycles. The Labute approximate surface area is 138 Å². The van der Waals surface area contributed by atoms with Crippen LogP contribution in [0.15, 0.2) is 42.5 Å². The molecule has 0 bridgehead atoms. The van der Waals surface area contributed by atoms with Crippen molar-refractivity contribution in [3.05, 3.63) is 64.7 Å². The second-order valence-corrected chi connectivity index (χ2v) is 6.54. The van der Waals surface area contributed by atoms with Crippen LogP contribution in [-0.4, -0.2) is 35.8 Å². The Hall–Kier alpha value is -1.84. The molecule has 122 valence electrons. The van der Waals surface area contributed by atoms with Crippen LogP contribution in [0.2, 0.25) is 0 Å². The SMILES string of the molecule is Cc1cc(C)cc(OC[C@@H](O)CN2CCc3ccccc3C2)c1. The topological polar surface area (TPSA) is 32.7 Å². The second-order valence-electron chi connectivity index (χ2n) is 6.54. The molecule has 0 unspecified atom stereocenters. The standard InChI is InChI=1S/C20H25NO2/c1-15-9-16(2)11-20(10-15)23-14-19(22)13-21-8-7-17-5-3-4-6-18(17)12-21/h3-6,9-11,19,22H,7-8,12-14H2,1-2H3/t19-/m0/s1. The molecule has 0 fully saturated rings. The fraction of sp³-hybridized carbons (Fsp3) is 0.400. The Kier molecular flexibility index (Phi) is 4.99. The van der Waals surface area contributed by atoms with E-state index < -0.39 is 6.10 Å². The van der Waals surface area contributed by atoms with Gasteiger partial charge >= 0.3 is 0 Å². The summed E-state index contributed by atoms with van der Waals surface area (Å²) >= 11 is 0. The molecule has 0 saturated heterocycles. The van der Waals surface area contributed by atoms with Crippen molar-refractivity contribution in [2.24, 2.45) is 0 Å². The predicted molar refractivity (Wildman–Crippen MR) is 92.8 cm³/mol. The van der Waals surface area contributed by atoms with Gasteiger partial charge in [-0.1, -0.05) is 30.3 Å². The third-order valence-corrected chi connectivity index (χ3v) is 4.32. The fourth-order valence-electron chi connectivity index (χ4n) is 3.27. The molecule has 1 N–H and O–H groups in total. The maximum Gasteiger partial charge on any atom is 0.119 e. The third kappa shape index (κ3) is 4.34. The number of fused-ring (bicyclic) bond motifs is 1. The number of ether oxygens (including phenoxy) is 1. The molecule has 3 rings (SSSR count). The van der Waals surface area contributed by atoms with Crippen LogP contribution in [0.25, 0.3) is 0 Å². The molecule has 0 spiro atoms. The summed E-state index contributed by atoms with van der Waals surface area (Å²) < 4.78 is 5.76. The maximum absolute atomic E-state index is 10.3. The van der Waals surface area contributed by atoms with Gasteiger partial charge in [0.15, 0.2) is 0 Å². The molecule has 0 aromatic heterocycles. The van der Waals surface area contributed by atoms with E-state index in [0.717, 1.165) is 25.3 Å².